The van der Waals surface area contributed by atoms with Crippen LogP contribution in [0.1, 0.15) is 16.8 Å². The average molecular weight is 420 g/mol. The first-order chi connectivity index (χ1) is 14.1. The Kier molecular flexibility index (Phi) is 5.92. The minimum atomic E-state index is 0.840. The van der Waals surface area contributed by atoms with E-state index in [0.717, 1.165) is 43.4 Å². The smallest absolute Gasteiger partial charge is 0.124 e. The summed E-state index contributed by atoms with van der Waals surface area (Å²) in [5.74, 6) is 1.73. The lowest BCUT2D eigenvalue weighted by Gasteiger charge is -2.05. The fourth-order valence-electron chi connectivity index (χ4n) is 2.93. The molecule has 29 heavy (non-hydrogen) atoms. The number of nitrogens with zero attached hydrogens (tertiary/aromatic N) is 3. The van der Waals surface area contributed by atoms with Gasteiger partial charge >= 0.3 is 0 Å². The highest BCUT2D eigenvalue weighted by Crippen LogP contribution is 2.35. The second kappa shape index (κ2) is 8.76. The molecule has 0 aliphatic carbocycles. The molecule has 0 aliphatic heterocycles. The monoisotopic (exact) mass is 419 g/mol. The highest BCUT2D eigenvalue weighted by atomic mass is 32.2. The van der Waals surface area contributed by atoms with E-state index >= 15 is 0 Å². The number of benzene rings is 2. The Labute approximate surface area is 179 Å². The van der Waals surface area contributed by atoms with Crippen LogP contribution < -0.4 is 4.74 Å². The van der Waals surface area contributed by atoms with Crippen molar-refractivity contribution < 1.29 is 4.74 Å². The van der Waals surface area contributed by atoms with Gasteiger partial charge in [-0.15, -0.1) is 21.5 Å². The Balaban J connectivity index is 1.50. The van der Waals surface area contributed by atoms with Gasteiger partial charge in [-0.05, 0) is 61.4 Å². The van der Waals surface area contributed by atoms with Crippen LogP contribution in [0.2, 0.25) is 0 Å². The van der Waals surface area contributed by atoms with Gasteiger partial charge in [0.1, 0.15) is 21.5 Å². The first kappa shape index (κ1) is 19.6. The largest absolute Gasteiger partial charge is 0.497 e. The number of thiazole rings is 1. The van der Waals surface area contributed by atoms with Gasteiger partial charge in [0.25, 0.3) is 0 Å². The lowest BCUT2D eigenvalue weighted by molar-refractivity contribution is 0.415. The molecule has 0 aliphatic rings. The molecule has 0 radical (unpaired) electrons. The average Bonchev–Trinajstić information content (AvgIpc) is 3.15. The first-order valence-corrected chi connectivity index (χ1v) is 11.1. The summed E-state index contributed by atoms with van der Waals surface area (Å²) in [5.41, 5.74) is 5.53. The number of aryl methyl sites for hydroxylation is 2. The molecule has 4 nitrogen and oxygen atoms in total. The van der Waals surface area contributed by atoms with Gasteiger partial charge in [0.15, 0.2) is 0 Å². The number of ether oxygens (including phenoxy) is 1. The van der Waals surface area contributed by atoms with E-state index in [2.05, 4.69) is 41.4 Å². The fraction of sp³-hybridized carbons (Fsp3) is 0.174. The van der Waals surface area contributed by atoms with Crippen LogP contribution in [-0.2, 0) is 5.75 Å². The molecular formula is C23H21N3OS2. The van der Waals surface area contributed by atoms with Gasteiger partial charge in [-0.25, -0.2) is 4.98 Å². The number of rotatable bonds is 6. The molecule has 2 heterocycles. The van der Waals surface area contributed by atoms with Gasteiger partial charge in [-0.3, -0.25) is 0 Å². The third-order valence-electron chi connectivity index (χ3n) is 4.64. The molecule has 146 valence electrons. The minimum Gasteiger partial charge on any atom is -0.497 e. The van der Waals surface area contributed by atoms with E-state index in [1.165, 1.54) is 11.1 Å². The van der Waals surface area contributed by atoms with E-state index in [9.17, 15) is 0 Å². The van der Waals surface area contributed by atoms with E-state index in [1.807, 2.05) is 43.3 Å². The van der Waals surface area contributed by atoms with Crippen LogP contribution in [-0.4, -0.2) is 22.3 Å². The lowest BCUT2D eigenvalue weighted by Crippen LogP contribution is -1.91. The van der Waals surface area contributed by atoms with E-state index in [-0.39, 0.29) is 0 Å². The molecule has 0 N–H and O–H groups in total. The van der Waals surface area contributed by atoms with Gasteiger partial charge < -0.3 is 4.74 Å². The van der Waals surface area contributed by atoms with Gasteiger partial charge in [-0.2, -0.15) is 0 Å². The third kappa shape index (κ3) is 4.49. The van der Waals surface area contributed by atoms with E-state index in [0.29, 0.717) is 0 Å². The number of thioether (sulfide) groups is 1. The summed E-state index contributed by atoms with van der Waals surface area (Å²) < 4.78 is 5.23. The molecule has 2 aromatic heterocycles. The number of aromatic nitrogens is 3. The third-order valence-corrected chi connectivity index (χ3v) is 6.84. The maximum atomic E-state index is 5.23. The van der Waals surface area contributed by atoms with Crippen molar-refractivity contribution in [3.63, 3.8) is 0 Å². The summed E-state index contributed by atoms with van der Waals surface area (Å²) >= 11 is 3.34. The van der Waals surface area contributed by atoms with Crippen molar-refractivity contribution in [1.29, 1.82) is 0 Å². The van der Waals surface area contributed by atoms with Crippen molar-refractivity contribution in [3.05, 3.63) is 77.5 Å². The van der Waals surface area contributed by atoms with Crippen LogP contribution in [0.3, 0.4) is 0 Å². The van der Waals surface area contributed by atoms with Crippen molar-refractivity contribution >= 4 is 23.1 Å². The molecule has 0 unspecified atom stereocenters. The van der Waals surface area contributed by atoms with Crippen LogP contribution in [0.4, 0.5) is 0 Å². The second-order valence-electron chi connectivity index (χ2n) is 6.63. The highest BCUT2D eigenvalue weighted by Gasteiger charge is 2.13. The predicted molar refractivity (Wildman–Crippen MR) is 121 cm³/mol. The zero-order valence-corrected chi connectivity index (χ0v) is 18.2. The summed E-state index contributed by atoms with van der Waals surface area (Å²) in [5, 5.41) is 10.8. The number of hydrogen-bond donors (Lipinski definition) is 0. The summed E-state index contributed by atoms with van der Waals surface area (Å²) in [6.45, 7) is 4.15. The predicted octanol–water partition coefficient (Wildman–Crippen LogP) is 6.18. The Hall–Kier alpha value is -2.70. The number of hydrogen-bond acceptors (Lipinski definition) is 6. The zero-order chi connectivity index (χ0) is 20.2. The molecule has 0 fully saturated rings. The van der Waals surface area contributed by atoms with Crippen LogP contribution >= 0.6 is 23.1 Å². The standard InChI is InChI=1S/C23H21N3OS2/c1-15-6-4-5-7-18(15)14-28-21-13-12-20(25-26-21)22-16(2)24-23(29-22)17-8-10-19(27-3)11-9-17/h4-13H,14H2,1-3H3. The lowest BCUT2D eigenvalue weighted by atomic mass is 10.1. The molecule has 4 aromatic rings. The Morgan fingerprint density at radius 3 is 2.41 bits per heavy atom. The molecule has 0 saturated heterocycles. The van der Waals surface area contributed by atoms with Crippen LogP contribution in [0.5, 0.6) is 5.75 Å². The van der Waals surface area contributed by atoms with Gasteiger partial charge in [-0.1, -0.05) is 36.0 Å². The molecule has 0 saturated carbocycles. The molecule has 0 amide bonds. The summed E-state index contributed by atoms with van der Waals surface area (Å²) in [6.07, 6.45) is 0. The van der Waals surface area contributed by atoms with E-state index in [1.54, 1.807) is 30.2 Å². The van der Waals surface area contributed by atoms with Gasteiger partial charge in [0.05, 0.1) is 17.7 Å². The molecule has 0 spiro atoms. The summed E-state index contributed by atoms with van der Waals surface area (Å²) in [7, 11) is 1.67. The molecular weight excluding hydrogens is 398 g/mol. The SMILES string of the molecule is COc1ccc(-c2nc(C)c(-c3ccc(SCc4ccccc4C)nn3)s2)cc1. The second-order valence-corrected chi connectivity index (χ2v) is 8.63. The van der Waals surface area contributed by atoms with Crippen molar-refractivity contribution in [3.8, 4) is 26.9 Å². The Bertz CT molecular complexity index is 1110. The van der Waals surface area contributed by atoms with E-state index < -0.39 is 0 Å². The van der Waals surface area contributed by atoms with Crippen LogP contribution in [0, 0.1) is 13.8 Å². The first-order valence-electron chi connectivity index (χ1n) is 9.27. The molecule has 0 bridgehead atoms. The maximum Gasteiger partial charge on any atom is 0.124 e. The molecule has 2 aromatic carbocycles. The quantitative estimate of drug-likeness (QED) is 0.349. The zero-order valence-electron chi connectivity index (χ0n) is 16.5. The van der Waals surface area contributed by atoms with Crippen LogP contribution in [0.15, 0.2) is 65.7 Å². The molecule has 6 heteroatoms. The van der Waals surface area contributed by atoms with Crippen molar-refractivity contribution in [2.45, 2.75) is 24.6 Å². The fourth-order valence-corrected chi connectivity index (χ4v) is 4.86. The topological polar surface area (TPSA) is 47.9 Å². The minimum absolute atomic E-state index is 0.840. The Morgan fingerprint density at radius 1 is 0.931 bits per heavy atom. The molecule has 4 rings (SSSR count). The Morgan fingerprint density at radius 2 is 1.72 bits per heavy atom. The maximum absolute atomic E-state index is 5.23. The van der Waals surface area contributed by atoms with Crippen molar-refractivity contribution in [2.24, 2.45) is 0 Å². The van der Waals surface area contributed by atoms with E-state index in [4.69, 9.17) is 9.72 Å². The van der Waals surface area contributed by atoms with Gasteiger partial charge in [0.2, 0.25) is 0 Å². The van der Waals surface area contributed by atoms with Gasteiger partial charge in [0, 0.05) is 11.3 Å². The number of methoxy groups -OCH3 is 1. The normalized spacial score (nSPS) is 10.9. The molecule has 0 atom stereocenters. The van der Waals surface area contributed by atoms with Crippen molar-refractivity contribution in [1.82, 2.24) is 15.2 Å². The highest BCUT2D eigenvalue weighted by molar-refractivity contribution is 7.98. The summed E-state index contributed by atoms with van der Waals surface area (Å²) in [4.78, 5) is 5.78. The van der Waals surface area contributed by atoms with Crippen molar-refractivity contribution in [2.75, 3.05) is 7.11 Å². The van der Waals surface area contributed by atoms with Crippen LogP contribution in [0.25, 0.3) is 21.1 Å². The summed E-state index contributed by atoms with van der Waals surface area (Å²) in [6, 6.07) is 20.5.